The molecule has 1 amide bonds. The van der Waals surface area contributed by atoms with E-state index in [2.05, 4.69) is 31.0 Å². The zero-order chi connectivity index (χ0) is 20.7. The number of hydrogen-bond acceptors (Lipinski definition) is 5. The summed E-state index contributed by atoms with van der Waals surface area (Å²) in [5.74, 6) is 0.485. The van der Waals surface area contributed by atoms with E-state index < -0.39 is 0 Å². The molecule has 0 atom stereocenters. The van der Waals surface area contributed by atoms with Gasteiger partial charge in [-0.3, -0.25) is 9.59 Å². The zero-order valence-electron chi connectivity index (χ0n) is 17.1. The van der Waals surface area contributed by atoms with Gasteiger partial charge in [0, 0.05) is 29.5 Å². The summed E-state index contributed by atoms with van der Waals surface area (Å²) in [5.41, 5.74) is 2.34. The fraction of sp³-hybridized carbons (Fsp3) is 0.364. The summed E-state index contributed by atoms with van der Waals surface area (Å²) in [6, 6.07) is 13.0. The standard InChI is InChI=1S/C22H28N2O4/c1-6-24(15(2)3)19-10-8-18(9-11-19)23-22(26)14-28-20-12-7-17(16(4)25)13-21(20)27-5/h7-13,15H,6,14H2,1-5H3,(H,23,26). The molecule has 0 aliphatic heterocycles. The van der Waals surface area contributed by atoms with Gasteiger partial charge in [0.15, 0.2) is 23.9 Å². The molecule has 0 saturated heterocycles. The normalized spacial score (nSPS) is 10.5. The Bertz CT molecular complexity index is 816. The molecule has 0 heterocycles. The van der Waals surface area contributed by atoms with Crippen LogP contribution in [0, 0.1) is 0 Å². The lowest BCUT2D eigenvalue weighted by atomic mass is 10.1. The van der Waals surface area contributed by atoms with Crippen molar-refractivity contribution in [1.29, 1.82) is 0 Å². The smallest absolute Gasteiger partial charge is 0.262 e. The molecule has 2 rings (SSSR count). The van der Waals surface area contributed by atoms with Crippen molar-refractivity contribution < 1.29 is 19.1 Å². The Balaban J connectivity index is 1.96. The van der Waals surface area contributed by atoms with E-state index in [-0.39, 0.29) is 18.3 Å². The Hall–Kier alpha value is -3.02. The molecule has 6 nitrogen and oxygen atoms in total. The monoisotopic (exact) mass is 384 g/mol. The number of nitrogens with one attached hydrogen (secondary N) is 1. The van der Waals surface area contributed by atoms with Crippen LogP contribution in [-0.4, -0.2) is 38.0 Å². The first kappa shape index (κ1) is 21.3. The quantitative estimate of drug-likeness (QED) is 0.658. The van der Waals surface area contributed by atoms with E-state index in [1.54, 1.807) is 18.2 Å². The number of rotatable bonds is 9. The maximum Gasteiger partial charge on any atom is 0.262 e. The second kappa shape index (κ2) is 9.78. The Morgan fingerprint density at radius 3 is 2.29 bits per heavy atom. The molecule has 0 aliphatic carbocycles. The summed E-state index contributed by atoms with van der Waals surface area (Å²) >= 11 is 0. The van der Waals surface area contributed by atoms with Gasteiger partial charge in [-0.05, 0) is 70.2 Å². The largest absolute Gasteiger partial charge is 0.493 e. The summed E-state index contributed by atoms with van der Waals surface area (Å²) in [6.45, 7) is 8.65. The van der Waals surface area contributed by atoms with Crippen molar-refractivity contribution in [1.82, 2.24) is 0 Å². The van der Waals surface area contributed by atoms with Gasteiger partial charge in [0.25, 0.3) is 5.91 Å². The number of hydrogen-bond donors (Lipinski definition) is 1. The van der Waals surface area contributed by atoms with Crippen molar-refractivity contribution in [2.75, 3.05) is 30.5 Å². The maximum absolute atomic E-state index is 12.2. The van der Waals surface area contributed by atoms with E-state index in [0.29, 0.717) is 28.8 Å². The van der Waals surface area contributed by atoms with Gasteiger partial charge < -0.3 is 19.7 Å². The van der Waals surface area contributed by atoms with Gasteiger partial charge in [-0.15, -0.1) is 0 Å². The zero-order valence-corrected chi connectivity index (χ0v) is 17.1. The van der Waals surface area contributed by atoms with Crippen molar-refractivity contribution in [2.45, 2.75) is 33.7 Å². The van der Waals surface area contributed by atoms with Gasteiger partial charge in [-0.2, -0.15) is 0 Å². The minimum Gasteiger partial charge on any atom is -0.493 e. The highest BCUT2D eigenvalue weighted by molar-refractivity contribution is 5.95. The van der Waals surface area contributed by atoms with Gasteiger partial charge in [0.2, 0.25) is 0 Å². The average molecular weight is 384 g/mol. The molecule has 0 fully saturated rings. The molecule has 1 N–H and O–H groups in total. The van der Waals surface area contributed by atoms with Gasteiger partial charge in [-0.1, -0.05) is 0 Å². The Morgan fingerprint density at radius 1 is 1.07 bits per heavy atom. The number of nitrogens with zero attached hydrogens (tertiary/aromatic N) is 1. The highest BCUT2D eigenvalue weighted by Gasteiger charge is 2.12. The van der Waals surface area contributed by atoms with E-state index in [1.165, 1.54) is 14.0 Å². The van der Waals surface area contributed by atoms with Crippen molar-refractivity contribution >= 4 is 23.1 Å². The third-order valence-corrected chi connectivity index (χ3v) is 4.38. The number of benzene rings is 2. The fourth-order valence-electron chi connectivity index (χ4n) is 2.93. The molecule has 28 heavy (non-hydrogen) atoms. The summed E-state index contributed by atoms with van der Waals surface area (Å²) < 4.78 is 10.8. The molecule has 0 bridgehead atoms. The highest BCUT2D eigenvalue weighted by Crippen LogP contribution is 2.28. The van der Waals surface area contributed by atoms with Crippen LogP contribution in [-0.2, 0) is 4.79 Å². The lowest BCUT2D eigenvalue weighted by Gasteiger charge is -2.27. The lowest BCUT2D eigenvalue weighted by Crippen LogP contribution is -2.30. The van der Waals surface area contributed by atoms with E-state index in [9.17, 15) is 9.59 Å². The van der Waals surface area contributed by atoms with Crippen LogP contribution in [0.5, 0.6) is 11.5 Å². The second-order valence-electron chi connectivity index (χ2n) is 6.69. The molecule has 2 aromatic carbocycles. The third kappa shape index (κ3) is 5.49. The van der Waals surface area contributed by atoms with E-state index >= 15 is 0 Å². The summed E-state index contributed by atoms with van der Waals surface area (Å²) in [6.07, 6.45) is 0. The van der Waals surface area contributed by atoms with Crippen LogP contribution in [0.3, 0.4) is 0 Å². The SMILES string of the molecule is CCN(c1ccc(NC(=O)COc2ccc(C(C)=O)cc2OC)cc1)C(C)C. The molecule has 6 heteroatoms. The Labute approximate surface area is 166 Å². The first-order valence-corrected chi connectivity index (χ1v) is 9.34. The molecule has 0 spiro atoms. The van der Waals surface area contributed by atoms with Gasteiger partial charge >= 0.3 is 0 Å². The van der Waals surface area contributed by atoms with Crippen LogP contribution in [0.4, 0.5) is 11.4 Å². The Morgan fingerprint density at radius 2 is 1.75 bits per heavy atom. The van der Waals surface area contributed by atoms with Crippen LogP contribution >= 0.6 is 0 Å². The number of ketones is 1. The van der Waals surface area contributed by atoms with E-state index in [0.717, 1.165) is 12.2 Å². The van der Waals surface area contributed by atoms with Crippen molar-refractivity contribution in [3.05, 3.63) is 48.0 Å². The molecular weight excluding hydrogens is 356 g/mol. The first-order chi connectivity index (χ1) is 13.3. The van der Waals surface area contributed by atoms with Gasteiger partial charge in [0.1, 0.15) is 0 Å². The van der Waals surface area contributed by atoms with Crippen molar-refractivity contribution in [2.24, 2.45) is 0 Å². The summed E-state index contributed by atoms with van der Waals surface area (Å²) in [4.78, 5) is 25.9. The van der Waals surface area contributed by atoms with Crippen molar-refractivity contribution in [3.63, 3.8) is 0 Å². The predicted molar refractivity (Wildman–Crippen MR) is 112 cm³/mol. The topological polar surface area (TPSA) is 67.9 Å². The highest BCUT2D eigenvalue weighted by atomic mass is 16.5. The molecule has 0 unspecified atom stereocenters. The number of ether oxygens (including phenoxy) is 2. The number of methoxy groups -OCH3 is 1. The fourth-order valence-corrected chi connectivity index (χ4v) is 2.93. The van der Waals surface area contributed by atoms with Crippen LogP contribution in [0.1, 0.15) is 38.1 Å². The lowest BCUT2D eigenvalue weighted by molar-refractivity contribution is -0.118. The minimum absolute atomic E-state index is 0.0647. The maximum atomic E-state index is 12.2. The molecular formula is C22H28N2O4. The molecule has 0 saturated carbocycles. The average Bonchev–Trinajstić information content (AvgIpc) is 2.67. The van der Waals surface area contributed by atoms with Crippen LogP contribution in [0.25, 0.3) is 0 Å². The number of carbonyl (C=O) groups excluding carboxylic acids is 2. The minimum atomic E-state index is -0.276. The molecule has 0 aliphatic rings. The molecule has 2 aromatic rings. The second-order valence-corrected chi connectivity index (χ2v) is 6.69. The number of Topliss-reactive ketones (excluding diaryl/α,β-unsaturated/α-hetero) is 1. The van der Waals surface area contributed by atoms with E-state index in [4.69, 9.17) is 9.47 Å². The Kier molecular flexibility index (Phi) is 7.44. The van der Waals surface area contributed by atoms with Gasteiger partial charge in [0.05, 0.1) is 7.11 Å². The number of anilines is 2. The van der Waals surface area contributed by atoms with Crippen LogP contribution < -0.4 is 19.7 Å². The molecule has 150 valence electrons. The summed E-state index contributed by atoms with van der Waals surface area (Å²) in [7, 11) is 1.49. The first-order valence-electron chi connectivity index (χ1n) is 9.34. The number of carbonyl (C=O) groups is 2. The van der Waals surface area contributed by atoms with Crippen molar-refractivity contribution in [3.8, 4) is 11.5 Å². The van der Waals surface area contributed by atoms with Crippen LogP contribution in [0.15, 0.2) is 42.5 Å². The number of amides is 1. The third-order valence-electron chi connectivity index (χ3n) is 4.38. The summed E-state index contributed by atoms with van der Waals surface area (Å²) in [5, 5.41) is 2.82. The van der Waals surface area contributed by atoms with Crippen LogP contribution in [0.2, 0.25) is 0 Å². The van der Waals surface area contributed by atoms with Gasteiger partial charge in [-0.25, -0.2) is 0 Å². The van der Waals surface area contributed by atoms with E-state index in [1.807, 2.05) is 24.3 Å². The molecule has 0 radical (unpaired) electrons. The predicted octanol–water partition coefficient (Wildman–Crippen LogP) is 4.15. The molecule has 0 aromatic heterocycles.